The van der Waals surface area contributed by atoms with Crippen molar-refractivity contribution in [1.82, 2.24) is 15.0 Å². The predicted molar refractivity (Wildman–Crippen MR) is 185 cm³/mol. The van der Waals surface area contributed by atoms with Gasteiger partial charge in [0.25, 0.3) is 0 Å². The lowest BCUT2D eigenvalue weighted by atomic mass is 9.82. The molecule has 0 spiro atoms. The summed E-state index contributed by atoms with van der Waals surface area (Å²) >= 11 is 24.1. The molecular formula is C34H33Cl4F2N3O8. The minimum Gasteiger partial charge on any atom is -0.486 e. The van der Waals surface area contributed by atoms with E-state index in [2.05, 4.69) is 5.16 Å². The van der Waals surface area contributed by atoms with Gasteiger partial charge in [-0.3, -0.25) is 4.90 Å². The van der Waals surface area contributed by atoms with Crippen molar-refractivity contribution in [3.63, 3.8) is 0 Å². The van der Waals surface area contributed by atoms with Crippen molar-refractivity contribution in [3.05, 3.63) is 76.0 Å². The summed E-state index contributed by atoms with van der Waals surface area (Å²) in [5.41, 5.74) is -1.83. The molecule has 0 aliphatic carbocycles. The van der Waals surface area contributed by atoms with Crippen LogP contribution in [0.3, 0.4) is 0 Å². The monoisotopic (exact) mass is 789 g/mol. The van der Waals surface area contributed by atoms with E-state index in [1.54, 1.807) is 45.0 Å². The molecule has 3 aromatic rings. The topological polar surface area (TPSA) is 132 Å². The van der Waals surface area contributed by atoms with E-state index in [0.29, 0.717) is 16.9 Å². The molecule has 2 aliphatic rings. The van der Waals surface area contributed by atoms with E-state index in [9.17, 15) is 28.3 Å². The smallest absolute Gasteiger partial charge is 0.411 e. The maximum Gasteiger partial charge on any atom is 0.411 e. The van der Waals surface area contributed by atoms with Gasteiger partial charge in [-0.15, -0.1) is 0 Å². The van der Waals surface area contributed by atoms with Crippen LogP contribution in [-0.2, 0) is 20.9 Å². The van der Waals surface area contributed by atoms with Gasteiger partial charge in [-0.1, -0.05) is 63.7 Å². The van der Waals surface area contributed by atoms with E-state index in [1.165, 1.54) is 29.7 Å². The van der Waals surface area contributed by atoms with Crippen LogP contribution in [0, 0.1) is 11.6 Å². The first-order valence-corrected chi connectivity index (χ1v) is 17.0. The molecular weight excluding hydrogens is 758 g/mol. The molecule has 274 valence electrons. The Labute approximate surface area is 311 Å². The number of carboxylic acids is 1. The number of halogens is 6. The Morgan fingerprint density at radius 2 is 1.61 bits per heavy atom. The fraction of sp³-hybridized carbons (Fsp3) is 0.412. The third-order valence-corrected chi connectivity index (χ3v) is 9.95. The summed E-state index contributed by atoms with van der Waals surface area (Å²) in [6.45, 7) is 7.62. The highest BCUT2D eigenvalue weighted by molar-refractivity contribution is 6.68. The van der Waals surface area contributed by atoms with Crippen LogP contribution in [0.4, 0.5) is 18.4 Å². The number of fused-ring (bicyclic) bond motifs is 2. The van der Waals surface area contributed by atoms with Crippen molar-refractivity contribution >= 4 is 70.1 Å². The molecule has 2 unspecified atom stereocenters. The largest absolute Gasteiger partial charge is 0.486 e. The number of hydrogen-bond donors (Lipinski definition) is 1. The summed E-state index contributed by atoms with van der Waals surface area (Å²) < 4.78 is 48.4. The molecule has 2 aliphatic heterocycles. The minimum absolute atomic E-state index is 0.0101. The Kier molecular flexibility index (Phi) is 10.8. The molecule has 2 atom stereocenters. The van der Waals surface area contributed by atoms with Gasteiger partial charge in [-0.2, -0.15) is 0 Å². The van der Waals surface area contributed by atoms with E-state index in [1.807, 2.05) is 0 Å². The number of rotatable bonds is 7. The fourth-order valence-corrected chi connectivity index (χ4v) is 6.07. The van der Waals surface area contributed by atoms with Crippen LogP contribution in [0.1, 0.15) is 52.4 Å². The maximum absolute atomic E-state index is 14.3. The van der Waals surface area contributed by atoms with Gasteiger partial charge in [-0.25, -0.2) is 23.2 Å². The number of amides is 2. The van der Waals surface area contributed by atoms with Crippen molar-refractivity contribution < 1.29 is 47.0 Å². The molecule has 1 fully saturated rings. The molecule has 2 aromatic carbocycles. The third-order valence-electron chi connectivity index (χ3n) is 8.21. The maximum atomic E-state index is 14.3. The normalized spacial score (nSPS) is 18.1. The van der Waals surface area contributed by atoms with Crippen LogP contribution in [0.15, 0.2) is 52.6 Å². The number of carbonyl (C=O) groups is 3. The van der Waals surface area contributed by atoms with Gasteiger partial charge < -0.3 is 28.7 Å². The van der Waals surface area contributed by atoms with E-state index in [4.69, 9.17) is 65.1 Å². The Hall–Kier alpha value is -3.78. The third kappa shape index (κ3) is 8.32. The second-order valence-electron chi connectivity index (χ2n) is 13.4. The Bertz CT molecular complexity index is 1870. The average molecular weight is 791 g/mol. The number of carbonyl (C=O) groups excluding carboxylic acids is 2. The van der Waals surface area contributed by atoms with E-state index >= 15 is 0 Å². The number of ether oxygens (including phenoxy) is 3. The van der Waals surface area contributed by atoms with Crippen LogP contribution < -0.4 is 4.74 Å². The second-order valence-corrected chi connectivity index (χ2v) is 16.1. The summed E-state index contributed by atoms with van der Waals surface area (Å²) in [5, 5.41) is 13.9. The Morgan fingerprint density at radius 1 is 0.961 bits per heavy atom. The number of carboxylic acid groups (broad SMARTS) is 1. The van der Waals surface area contributed by atoms with Gasteiger partial charge in [-0.05, 0) is 76.4 Å². The molecule has 51 heavy (non-hydrogen) atoms. The molecule has 0 saturated carbocycles. The summed E-state index contributed by atoms with van der Waals surface area (Å²) in [6.07, 6.45) is -1.55. The van der Waals surface area contributed by atoms with Crippen LogP contribution >= 0.6 is 46.4 Å². The zero-order valence-electron chi connectivity index (χ0n) is 27.9. The lowest BCUT2D eigenvalue weighted by Crippen LogP contribution is -2.65. The number of nitrogens with zero attached hydrogens (tertiary/aromatic N) is 3. The van der Waals surface area contributed by atoms with Crippen molar-refractivity contribution in [2.45, 2.75) is 74.7 Å². The van der Waals surface area contributed by atoms with E-state index in [0.717, 1.165) is 12.1 Å². The zero-order valence-corrected chi connectivity index (χ0v) is 31.0. The summed E-state index contributed by atoms with van der Waals surface area (Å²) in [6, 6.07) is 7.85. The van der Waals surface area contributed by atoms with Gasteiger partial charge in [0.2, 0.25) is 3.79 Å². The highest BCUT2D eigenvalue weighted by atomic mass is 35.6. The first kappa shape index (κ1) is 38.5. The Balaban J connectivity index is 1.40. The summed E-state index contributed by atoms with van der Waals surface area (Å²) in [5.74, 6) is -2.33. The number of alkyl halides is 3. The lowest BCUT2D eigenvalue weighted by molar-refractivity contribution is -0.134. The number of benzene rings is 2. The lowest BCUT2D eigenvalue weighted by Gasteiger charge is -2.50. The average Bonchev–Trinajstić information content (AvgIpc) is 3.48. The molecule has 17 heteroatoms. The molecule has 1 N–H and O–H groups in total. The van der Waals surface area contributed by atoms with Gasteiger partial charge in [0.15, 0.2) is 11.4 Å². The number of hydrogen-bond acceptors (Lipinski definition) is 8. The Morgan fingerprint density at radius 3 is 2.22 bits per heavy atom. The predicted octanol–water partition coefficient (Wildman–Crippen LogP) is 8.67. The first-order valence-electron chi connectivity index (χ1n) is 15.5. The molecule has 3 heterocycles. The number of piperazine rings is 1. The van der Waals surface area contributed by atoms with Crippen molar-refractivity contribution in [1.29, 1.82) is 0 Å². The number of aliphatic carboxylic acids is 1. The van der Waals surface area contributed by atoms with Crippen molar-refractivity contribution in [2.75, 3.05) is 13.1 Å². The van der Waals surface area contributed by atoms with Crippen molar-refractivity contribution in [3.8, 4) is 17.0 Å². The molecule has 2 amide bonds. The van der Waals surface area contributed by atoms with E-state index in [-0.39, 0.29) is 48.7 Å². The van der Waals surface area contributed by atoms with Crippen LogP contribution in [0.2, 0.25) is 5.02 Å². The van der Waals surface area contributed by atoms with Crippen LogP contribution in [0.5, 0.6) is 5.75 Å². The SMILES string of the molecule is CC(C)(C)OC(=O)N1CC2CC(c3ccc(OCc4cc(-c5c(F)ccc(F)c5Cl)no4)cc3)=C(C(=O)O)C(C1)N2C(=O)OC(C)(C)C(Cl)(Cl)Cl. The van der Waals surface area contributed by atoms with Crippen molar-refractivity contribution in [2.24, 2.45) is 0 Å². The second kappa shape index (κ2) is 14.3. The molecule has 1 saturated heterocycles. The first-order chi connectivity index (χ1) is 23.7. The molecule has 2 bridgehead atoms. The standard InChI is InChI=1S/C34H33Cl4F2N3O8/c1-32(2,3)49-30(46)42-14-18-12-21(26(29(44)45)25(15-42)43(18)31(47)50-33(4,5)34(36,37)38)17-6-8-19(9-7-17)48-16-20-13-24(41-51-20)27-22(39)10-11-23(40)28(27)35/h6-11,13,18,25H,12,14-16H2,1-5H3,(H,44,45). The summed E-state index contributed by atoms with van der Waals surface area (Å²) in [7, 11) is 0. The minimum atomic E-state index is -2.00. The zero-order chi connectivity index (χ0) is 37.6. The van der Waals surface area contributed by atoms with Gasteiger partial charge in [0.05, 0.1) is 28.2 Å². The number of aromatic nitrogens is 1. The van der Waals surface area contributed by atoms with Gasteiger partial charge in [0, 0.05) is 19.2 Å². The highest BCUT2D eigenvalue weighted by Crippen LogP contribution is 2.43. The van der Waals surface area contributed by atoms with E-state index < -0.39 is 61.9 Å². The molecule has 11 nitrogen and oxygen atoms in total. The van der Waals surface area contributed by atoms with Crippen LogP contribution in [-0.4, -0.2) is 78.4 Å². The summed E-state index contributed by atoms with van der Waals surface area (Å²) in [4.78, 5) is 42.3. The molecule has 1 aromatic heterocycles. The quantitative estimate of drug-likeness (QED) is 0.185. The highest BCUT2D eigenvalue weighted by Gasteiger charge is 2.51. The molecule has 5 rings (SSSR count). The molecule has 0 radical (unpaired) electrons. The van der Waals surface area contributed by atoms with Gasteiger partial charge in [0.1, 0.15) is 35.3 Å². The van der Waals surface area contributed by atoms with Crippen LogP contribution in [0.25, 0.3) is 16.8 Å². The van der Waals surface area contributed by atoms with Gasteiger partial charge >= 0.3 is 18.2 Å². The fourth-order valence-electron chi connectivity index (χ4n) is 5.70.